The van der Waals surface area contributed by atoms with Gasteiger partial charge in [0.25, 0.3) is 0 Å². The van der Waals surface area contributed by atoms with Gasteiger partial charge in [-0.25, -0.2) is 0 Å². The van der Waals surface area contributed by atoms with Gasteiger partial charge in [0.2, 0.25) is 0 Å². The lowest BCUT2D eigenvalue weighted by molar-refractivity contribution is 0.660. The van der Waals surface area contributed by atoms with E-state index in [1.54, 1.807) is 0 Å². The Labute approximate surface area is 689 Å². The zero-order valence-electron chi connectivity index (χ0n) is 65.0. The fraction of sp³-hybridized carbons (Fsp3) is 0.0442. The van der Waals surface area contributed by atoms with E-state index >= 15 is 0 Å². The van der Waals surface area contributed by atoms with Crippen LogP contribution in [0.3, 0.4) is 0 Å². The maximum atomic E-state index is 6.83. The van der Waals surface area contributed by atoms with E-state index in [0.717, 1.165) is 78.0 Å². The van der Waals surface area contributed by atoms with Crippen molar-refractivity contribution in [2.45, 2.75) is 30.1 Å². The van der Waals surface area contributed by atoms with Crippen LogP contribution in [0, 0.1) is 0 Å². The van der Waals surface area contributed by atoms with Crippen molar-refractivity contribution in [3.8, 4) is 55.6 Å². The summed E-state index contributed by atoms with van der Waals surface area (Å²) in [6, 6.07) is 155. The molecule has 21 aromatic rings. The van der Waals surface area contributed by atoms with Crippen LogP contribution in [-0.4, -0.2) is 0 Å². The number of para-hydroxylation sites is 1. The lowest BCUT2D eigenvalue weighted by Gasteiger charge is -2.33. The molecule has 3 heterocycles. The topological polar surface area (TPSA) is 32.8 Å². The van der Waals surface area contributed by atoms with Crippen molar-refractivity contribution in [2.24, 2.45) is 0 Å². The Morgan fingerprint density at radius 3 is 1.04 bits per heavy atom. The largest absolute Gasteiger partial charge is 0.456 e. The minimum Gasteiger partial charge on any atom is -0.456 e. The van der Waals surface area contributed by atoms with Crippen molar-refractivity contribution in [3.63, 3.8) is 0 Å². The van der Waals surface area contributed by atoms with E-state index in [1.165, 1.54) is 131 Å². The van der Waals surface area contributed by atoms with Gasteiger partial charge in [0, 0.05) is 81.3 Å². The average molecular weight is 1530 g/mol. The number of hydrogen-bond acceptors (Lipinski definition) is 5. The molecule has 0 spiro atoms. The minimum atomic E-state index is -0.490. The van der Waals surface area contributed by atoms with Crippen molar-refractivity contribution < 1.29 is 8.83 Å². The smallest absolute Gasteiger partial charge is 0.135 e. The predicted octanol–water partition coefficient (Wildman–Crippen LogP) is 30.8. The Kier molecular flexibility index (Phi) is 15.9. The first-order valence-electron chi connectivity index (χ1n) is 40.7. The number of rotatable bonds is 12. The number of nitrogens with zero attached hydrogens (tertiary/aromatic N) is 2. The normalized spacial score (nSPS) is 13.5. The first kappa shape index (κ1) is 68.9. The highest BCUT2D eigenvalue weighted by atomic mass is 32.1. The Morgan fingerprint density at radius 2 is 0.534 bits per heavy atom. The number of fused-ring (bicyclic) bond motifs is 18. The third kappa shape index (κ3) is 10.7. The zero-order chi connectivity index (χ0) is 78.2. The second kappa shape index (κ2) is 27.3. The van der Waals surface area contributed by atoms with Gasteiger partial charge in [-0.1, -0.05) is 335 Å². The summed E-state index contributed by atoms with van der Waals surface area (Å²) in [6.07, 6.45) is 0. The Bertz CT molecular complexity index is 7430. The molecule has 556 valence electrons. The van der Waals surface area contributed by atoms with E-state index in [-0.39, 0.29) is 5.41 Å². The minimum absolute atomic E-state index is 0.120. The molecular formula is C113H76N2O2S. The zero-order valence-corrected chi connectivity index (χ0v) is 65.9. The quantitative estimate of drug-likeness (QED) is 0.122. The summed E-state index contributed by atoms with van der Waals surface area (Å²) in [6.45, 7) is 4.70. The molecule has 0 fully saturated rings. The van der Waals surface area contributed by atoms with Crippen LogP contribution in [0.4, 0.5) is 34.1 Å². The highest BCUT2D eigenvalue weighted by Gasteiger charge is 2.48. The predicted molar refractivity (Wildman–Crippen MR) is 493 cm³/mol. The van der Waals surface area contributed by atoms with Crippen molar-refractivity contribution in [3.05, 3.63) is 480 Å². The van der Waals surface area contributed by atoms with Crippen LogP contribution in [0.5, 0.6) is 0 Å². The van der Waals surface area contributed by atoms with Crippen LogP contribution in [0.2, 0.25) is 0 Å². The first-order chi connectivity index (χ1) is 58.2. The molecule has 3 aromatic heterocycles. The van der Waals surface area contributed by atoms with Gasteiger partial charge in [-0.3, -0.25) is 0 Å². The van der Waals surface area contributed by atoms with Crippen LogP contribution >= 0.6 is 11.3 Å². The fourth-order valence-electron chi connectivity index (χ4n) is 20.1. The second-order valence-electron chi connectivity index (χ2n) is 32.1. The number of thiophene rings is 1. The Hall–Kier alpha value is -14.6. The van der Waals surface area contributed by atoms with Gasteiger partial charge >= 0.3 is 0 Å². The lowest BCUT2D eigenvalue weighted by atomic mass is 9.67. The summed E-state index contributed by atoms with van der Waals surface area (Å²) >= 11 is 1.88. The third-order valence-corrected chi connectivity index (χ3v) is 26.6. The maximum Gasteiger partial charge on any atom is 0.135 e. The molecule has 18 aromatic carbocycles. The third-order valence-electron chi connectivity index (χ3n) is 25.5. The first-order valence-corrected chi connectivity index (χ1v) is 41.6. The molecule has 0 radical (unpaired) electrons. The Morgan fingerprint density at radius 1 is 0.203 bits per heavy atom. The summed E-state index contributed by atoms with van der Waals surface area (Å²) in [5, 5.41) is 6.97. The highest BCUT2D eigenvalue weighted by Crippen LogP contribution is 2.60. The molecule has 4 nitrogen and oxygen atoms in total. The number of benzene rings is 18. The van der Waals surface area contributed by atoms with Gasteiger partial charge < -0.3 is 18.6 Å². The van der Waals surface area contributed by atoms with E-state index in [4.69, 9.17) is 8.83 Å². The summed E-state index contributed by atoms with van der Waals surface area (Å²) < 4.78 is 15.6. The molecule has 118 heavy (non-hydrogen) atoms. The number of furan rings is 2. The molecule has 0 saturated carbocycles. The molecule has 0 saturated heterocycles. The van der Waals surface area contributed by atoms with Crippen LogP contribution in [-0.2, 0) is 16.2 Å². The molecular weight excluding hydrogens is 1450 g/mol. The maximum absolute atomic E-state index is 6.83. The van der Waals surface area contributed by atoms with E-state index in [0.29, 0.717) is 0 Å². The molecule has 0 bridgehead atoms. The molecule has 0 aliphatic heterocycles. The average Bonchev–Trinajstić information content (AvgIpc) is 1.54. The summed E-state index contributed by atoms with van der Waals surface area (Å²) in [7, 11) is 0. The lowest BCUT2D eigenvalue weighted by Crippen LogP contribution is -2.28. The van der Waals surface area contributed by atoms with Gasteiger partial charge in [0.05, 0.1) is 10.8 Å². The van der Waals surface area contributed by atoms with Gasteiger partial charge in [-0.2, -0.15) is 0 Å². The molecule has 24 rings (SSSR count). The molecule has 0 unspecified atom stereocenters. The van der Waals surface area contributed by atoms with E-state index < -0.39 is 10.8 Å². The van der Waals surface area contributed by atoms with Crippen molar-refractivity contribution >= 4 is 110 Å². The van der Waals surface area contributed by atoms with Crippen molar-refractivity contribution in [1.29, 1.82) is 0 Å². The molecule has 0 amide bonds. The van der Waals surface area contributed by atoms with Crippen LogP contribution in [0.1, 0.15) is 69.5 Å². The van der Waals surface area contributed by atoms with Crippen molar-refractivity contribution in [2.75, 3.05) is 9.80 Å². The monoisotopic (exact) mass is 1520 g/mol. The number of hydrogen-bond donors (Lipinski definition) is 0. The second-order valence-corrected chi connectivity index (χ2v) is 33.2. The van der Waals surface area contributed by atoms with E-state index in [2.05, 4.69) is 436 Å². The van der Waals surface area contributed by atoms with Crippen LogP contribution in [0.15, 0.2) is 433 Å². The van der Waals surface area contributed by atoms with E-state index in [9.17, 15) is 0 Å². The molecule has 3 aliphatic rings. The molecule has 0 N–H and O–H groups in total. The standard InChI is InChI=1S/C58H41NO.C55H35NOS/c1-57(2)51-22-12-9-19-45(51)48-33-30-44(37-54(48)57)59(42-28-25-39(26-29-42)38-15-5-3-6-16-38)43-31-34-55-50(36-43)49-32-27-41(35-56(49)60-55)58(40-17-7-4-8-18-40)52-23-13-10-20-46(52)47-21-11-14-24-53(47)58;1-3-13-36(14-4-1)37-23-26-40(27-24-37)56(41-29-32-52-48(34-41)45-19-9-12-22-51(45)57-52)42-28-31-47-46-30-25-39(33-53(46)58-54(47)35-42)55(38-15-5-2-6-16-38)49-20-10-7-17-43(49)44-18-8-11-21-50(44)55/h3-37H,1-2H3;1-35H. The summed E-state index contributed by atoms with van der Waals surface area (Å²) in [4.78, 5) is 4.78. The number of anilines is 6. The fourth-order valence-corrected chi connectivity index (χ4v) is 21.3. The van der Waals surface area contributed by atoms with Gasteiger partial charge in [-0.15, -0.1) is 11.3 Å². The molecule has 3 aliphatic carbocycles. The molecule has 0 atom stereocenters. The summed E-state index contributed by atoms with van der Waals surface area (Å²) in [5.41, 5.74) is 34.7. The molecule has 5 heteroatoms. The SMILES string of the molecule is CC1(C)c2ccccc2-c2ccc(N(c3ccc(-c4ccccc4)cc3)c3ccc4oc5cc(C6(c7ccccc7)c7ccccc7-c7ccccc76)ccc5c4c3)cc21.c1ccc(-c2ccc(N(c3ccc4c(c3)sc3cc(C5(c6ccccc6)c6ccccc6-c6ccccc65)ccc34)c3ccc4oc5ccccc5c4c3)cc2)cc1. The van der Waals surface area contributed by atoms with Gasteiger partial charge in [-0.05, 0) is 214 Å². The van der Waals surface area contributed by atoms with Crippen LogP contribution < -0.4 is 9.80 Å². The van der Waals surface area contributed by atoms with Crippen molar-refractivity contribution in [1.82, 2.24) is 0 Å². The van der Waals surface area contributed by atoms with Gasteiger partial charge in [0.15, 0.2) is 0 Å². The van der Waals surface area contributed by atoms with E-state index in [1.807, 2.05) is 23.5 Å². The van der Waals surface area contributed by atoms with Gasteiger partial charge in [0.1, 0.15) is 22.3 Å². The summed E-state index contributed by atoms with van der Waals surface area (Å²) in [5.74, 6) is 0. The Balaban J connectivity index is 0.000000138. The highest BCUT2D eigenvalue weighted by molar-refractivity contribution is 7.25. The van der Waals surface area contributed by atoms with Crippen LogP contribution in [0.25, 0.3) is 120 Å².